The van der Waals surface area contributed by atoms with E-state index in [9.17, 15) is 14.4 Å². The Hall–Kier alpha value is -5.11. The van der Waals surface area contributed by atoms with Crippen molar-refractivity contribution in [2.24, 2.45) is 0 Å². The Labute approximate surface area is 329 Å². The molecule has 5 aromatic rings. The molecule has 3 aromatic heterocycles. The van der Waals surface area contributed by atoms with Crippen LogP contribution in [0.4, 0.5) is 34.6 Å². The van der Waals surface area contributed by atoms with Gasteiger partial charge in [-0.3, -0.25) is 10.2 Å². The lowest BCUT2D eigenvalue weighted by Gasteiger charge is -2.32. The zero-order valence-electron chi connectivity index (χ0n) is 31.0. The van der Waals surface area contributed by atoms with Crippen molar-refractivity contribution in [3.05, 3.63) is 58.2 Å². The highest BCUT2D eigenvalue weighted by Crippen LogP contribution is 2.52. The normalized spacial score (nSPS) is 20.1. The number of nitrogens with two attached hydrogens (primary N) is 1. The van der Waals surface area contributed by atoms with Crippen LogP contribution >= 0.6 is 22.9 Å². The van der Waals surface area contributed by atoms with Crippen LogP contribution in [0, 0.1) is 23.0 Å². The predicted molar refractivity (Wildman–Crippen MR) is 208 cm³/mol. The first kappa shape index (κ1) is 37.8. The molecule has 2 fully saturated rings. The minimum absolute atomic E-state index is 0.0113. The van der Waals surface area contributed by atoms with Gasteiger partial charge in [0.25, 0.3) is 0 Å². The summed E-state index contributed by atoms with van der Waals surface area (Å²) in [5.41, 5.74) is 5.16. The van der Waals surface area contributed by atoms with Crippen LogP contribution in [0.2, 0.25) is 5.02 Å². The second-order valence-electron chi connectivity index (χ2n) is 15.3. The molecule has 3 aliphatic rings. The summed E-state index contributed by atoms with van der Waals surface area (Å²) in [5, 5.41) is 13.0. The number of hydrogen-bond acceptors (Lipinski definition) is 12. The first-order valence-corrected chi connectivity index (χ1v) is 19.4. The zero-order valence-corrected chi connectivity index (χ0v) is 32.6. The van der Waals surface area contributed by atoms with Crippen LogP contribution in [0.25, 0.3) is 32.1 Å². The molecule has 0 spiro atoms. The summed E-state index contributed by atoms with van der Waals surface area (Å²) in [4.78, 5) is 30.5. The van der Waals surface area contributed by atoms with Gasteiger partial charge in [0, 0.05) is 35.7 Å². The highest BCUT2D eigenvalue weighted by molar-refractivity contribution is 7.23. The van der Waals surface area contributed by atoms with Crippen LogP contribution in [-0.2, 0) is 4.74 Å². The number of amides is 1. The van der Waals surface area contributed by atoms with E-state index >= 15 is 8.78 Å². The Morgan fingerprint density at radius 1 is 1.25 bits per heavy atom. The van der Waals surface area contributed by atoms with Crippen molar-refractivity contribution in [3.63, 3.8) is 0 Å². The lowest BCUT2D eigenvalue weighted by molar-refractivity contribution is 0.0636. The molecular weight excluding hydrogens is 769 g/mol. The number of aromatic nitrogens is 3. The van der Waals surface area contributed by atoms with Crippen molar-refractivity contribution in [3.8, 4) is 29.0 Å². The van der Waals surface area contributed by atoms with Crippen LogP contribution in [0.1, 0.15) is 64.1 Å². The van der Waals surface area contributed by atoms with Gasteiger partial charge in [-0.2, -0.15) is 15.2 Å². The van der Waals surface area contributed by atoms with Gasteiger partial charge in [0.1, 0.15) is 59.0 Å². The van der Waals surface area contributed by atoms with E-state index in [-0.39, 0.29) is 85.0 Å². The van der Waals surface area contributed by atoms with Crippen LogP contribution in [0.15, 0.2) is 30.5 Å². The number of thiophene rings is 1. The molecule has 0 aliphatic carbocycles. The average molecular weight is 807 g/mol. The van der Waals surface area contributed by atoms with E-state index in [0.29, 0.717) is 24.3 Å². The van der Waals surface area contributed by atoms with Crippen molar-refractivity contribution in [2.75, 3.05) is 48.8 Å². The monoisotopic (exact) mass is 806 g/mol. The third-order valence-corrected chi connectivity index (χ3v) is 12.1. The summed E-state index contributed by atoms with van der Waals surface area (Å²) < 4.78 is 65.8. The van der Waals surface area contributed by atoms with E-state index in [0.717, 1.165) is 36.8 Å². The summed E-state index contributed by atoms with van der Waals surface area (Å²) in [7, 11) is 0. The number of nitrogens with one attached hydrogen (secondary N) is 1. The van der Waals surface area contributed by atoms with Crippen LogP contribution in [-0.4, -0.2) is 76.1 Å². The molecule has 292 valence electrons. The molecule has 0 bridgehead atoms. The van der Waals surface area contributed by atoms with Gasteiger partial charge in [-0.05, 0) is 64.8 Å². The Morgan fingerprint density at radius 2 is 2.05 bits per heavy atom. The van der Waals surface area contributed by atoms with Crippen LogP contribution in [0.5, 0.6) is 11.8 Å². The predicted octanol–water partition coefficient (Wildman–Crippen LogP) is 8.55. The standard InChI is InChI=1S/C39H38ClF3N8O4S/c1-19(21-7-5-11-46-33(21)45)51-13-14-53-31-27-30(47-36(48-34(27)51)54-18-39-10-6-12-50(39)17-20(41)15-39)29(43)26(28(31)40)22-8-9-24(42)32-25(22)23(16-44)35(56-32)49-37(52)55-38(2,3)4/h5,7-9,11,19-20H,6,10,12-15,17-18H2,1-4H3,(H2,45,46)(H,49,52)/t19?,20-,39+/m1/s1. The number of hydrogen-bond donors (Lipinski definition) is 2. The number of benzene rings is 2. The molecule has 3 aliphatic heterocycles. The molecule has 2 aromatic carbocycles. The van der Waals surface area contributed by atoms with E-state index in [1.165, 1.54) is 6.07 Å². The fourth-order valence-corrected chi connectivity index (χ4v) is 9.58. The maximum Gasteiger partial charge on any atom is 0.412 e. The molecular formula is C39H38ClF3N8O4S. The quantitative estimate of drug-likeness (QED) is 0.163. The van der Waals surface area contributed by atoms with E-state index < -0.39 is 41.1 Å². The van der Waals surface area contributed by atoms with Gasteiger partial charge in [0.05, 0.1) is 38.8 Å². The van der Waals surface area contributed by atoms with Gasteiger partial charge in [0.2, 0.25) is 0 Å². The SMILES string of the molecule is CC(c1cccnc1N)N1CCOc2c(Cl)c(-c3ccc(F)c4sc(NC(=O)OC(C)(C)C)c(C#N)c34)c(F)c3nc(OC[C@@]45CCCN4C[C@H](F)C5)nc1c23. The number of pyridine rings is 1. The summed E-state index contributed by atoms with van der Waals surface area (Å²) in [6, 6.07) is 7.53. The highest BCUT2D eigenvalue weighted by atomic mass is 35.5. The summed E-state index contributed by atoms with van der Waals surface area (Å²) in [6.45, 7) is 8.43. The number of ether oxygens (including phenoxy) is 3. The second-order valence-corrected chi connectivity index (χ2v) is 16.7. The molecule has 0 radical (unpaired) electrons. The molecule has 56 heavy (non-hydrogen) atoms. The Kier molecular flexibility index (Phi) is 9.53. The third-order valence-electron chi connectivity index (χ3n) is 10.6. The van der Waals surface area contributed by atoms with Gasteiger partial charge in [-0.15, -0.1) is 11.3 Å². The van der Waals surface area contributed by atoms with Gasteiger partial charge >= 0.3 is 12.1 Å². The van der Waals surface area contributed by atoms with Crippen molar-refractivity contribution < 1.29 is 32.2 Å². The number of carbonyl (C=O) groups is 1. The summed E-state index contributed by atoms with van der Waals surface area (Å²) in [5.74, 6) is -0.965. The summed E-state index contributed by atoms with van der Waals surface area (Å²) in [6.07, 6.45) is 1.67. The first-order chi connectivity index (χ1) is 26.7. The molecule has 8 rings (SSSR count). The van der Waals surface area contributed by atoms with Crippen LogP contribution in [0.3, 0.4) is 0 Å². The number of nitriles is 1. The molecule has 3 N–H and O–H groups in total. The van der Waals surface area contributed by atoms with E-state index in [4.69, 9.17) is 36.5 Å². The number of anilines is 3. The summed E-state index contributed by atoms with van der Waals surface area (Å²) >= 11 is 7.94. The lowest BCUT2D eigenvalue weighted by atomic mass is 9.95. The zero-order chi connectivity index (χ0) is 39.7. The number of alkyl halides is 1. The largest absolute Gasteiger partial charge is 0.489 e. The number of rotatable bonds is 7. The topological polar surface area (TPSA) is 152 Å². The smallest absolute Gasteiger partial charge is 0.412 e. The highest BCUT2D eigenvalue weighted by Gasteiger charge is 2.49. The number of halogens is 4. The van der Waals surface area contributed by atoms with Crippen molar-refractivity contribution in [1.82, 2.24) is 19.9 Å². The number of nitrogen functional groups attached to an aromatic ring is 1. The van der Waals surface area contributed by atoms with Crippen molar-refractivity contribution >= 4 is 66.7 Å². The van der Waals surface area contributed by atoms with E-state index in [1.54, 1.807) is 33.0 Å². The molecule has 3 atom stereocenters. The third kappa shape index (κ3) is 6.45. The number of carbonyl (C=O) groups excluding carboxylic acids is 1. The van der Waals surface area contributed by atoms with Crippen LogP contribution < -0.4 is 25.4 Å². The van der Waals surface area contributed by atoms with Crippen molar-refractivity contribution in [2.45, 2.75) is 70.3 Å². The van der Waals surface area contributed by atoms with Gasteiger partial charge in [-0.1, -0.05) is 23.7 Å². The van der Waals surface area contributed by atoms with E-state index in [1.807, 2.05) is 24.0 Å². The molecule has 1 unspecified atom stereocenters. The fraction of sp³-hybridized carbons (Fsp3) is 0.410. The Morgan fingerprint density at radius 3 is 2.80 bits per heavy atom. The first-order valence-electron chi connectivity index (χ1n) is 18.2. The number of fused-ring (bicyclic) bond motifs is 2. The Balaban J connectivity index is 1.32. The molecule has 0 saturated carbocycles. The maximum atomic E-state index is 17.6. The minimum Gasteiger partial charge on any atom is -0.489 e. The minimum atomic E-state index is -0.993. The van der Waals surface area contributed by atoms with Gasteiger partial charge in [-0.25, -0.2) is 22.9 Å². The Bertz CT molecular complexity index is 2460. The fourth-order valence-electron chi connectivity index (χ4n) is 8.18. The molecule has 1 amide bonds. The second kappa shape index (κ2) is 14.1. The van der Waals surface area contributed by atoms with Gasteiger partial charge < -0.3 is 24.8 Å². The lowest BCUT2D eigenvalue weighted by Crippen LogP contribution is -2.43. The molecule has 2 saturated heterocycles. The van der Waals surface area contributed by atoms with Gasteiger partial charge in [0.15, 0.2) is 11.6 Å². The van der Waals surface area contributed by atoms with E-state index in [2.05, 4.69) is 20.2 Å². The van der Waals surface area contributed by atoms with Crippen molar-refractivity contribution in [1.29, 1.82) is 5.26 Å². The molecule has 6 heterocycles. The maximum absolute atomic E-state index is 17.6. The number of nitrogens with zero attached hydrogens (tertiary/aromatic N) is 6. The average Bonchev–Trinajstić information content (AvgIpc) is 3.75. The molecule has 17 heteroatoms. The molecule has 12 nitrogen and oxygen atoms in total.